The number of carboxylic acid groups (broad SMARTS) is 1. The molecule has 0 aliphatic rings. The van der Waals surface area contributed by atoms with Crippen LogP contribution in [0.2, 0.25) is 0 Å². The summed E-state index contributed by atoms with van der Waals surface area (Å²) in [6, 6.07) is 3.99. The highest BCUT2D eigenvalue weighted by molar-refractivity contribution is 5.85. The zero-order valence-corrected chi connectivity index (χ0v) is 10.2. The first-order chi connectivity index (χ1) is 9.29. The van der Waals surface area contributed by atoms with Gasteiger partial charge < -0.3 is 9.84 Å². The third-order valence-electron chi connectivity index (χ3n) is 2.56. The van der Waals surface area contributed by atoms with E-state index in [2.05, 4.69) is 4.98 Å². The maximum atomic E-state index is 12.4. The van der Waals surface area contributed by atoms with E-state index in [-0.39, 0.29) is 17.5 Å². The SMILES string of the molecule is Cn1c(C(=O)O)cnc1Oc1ccc(C(F)(F)F)cc1. The van der Waals surface area contributed by atoms with Crippen molar-refractivity contribution in [1.29, 1.82) is 0 Å². The summed E-state index contributed by atoms with van der Waals surface area (Å²) in [5.74, 6) is -1.05. The first-order valence-corrected chi connectivity index (χ1v) is 5.39. The largest absolute Gasteiger partial charge is 0.477 e. The monoisotopic (exact) mass is 286 g/mol. The second kappa shape index (κ2) is 4.87. The number of alkyl halides is 3. The Bertz CT molecular complexity index is 632. The Labute approximate surface area is 111 Å². The number of benzene rings is 1. The molecular formula is C12H9F3N2O3. The van der Waals surface area contributed by atoms with Crippen molar-refractivity contribution >= 4 is 5.97 Å². The molecule has 0 aliphatic carbocycles. The normalized spacial score (nSPS) is 11.4. The van der Waals surface area contributed by atoms with E-state index in [9.17, 15) is 18.0 Å². The van der Waals surface area contributed by atoms with Crippen molar-refractivity contribution in [2.45, 2.75) is 6.18 Å². The summed E-state index contributed by atoms with van der Waals surface area (Å²) >= 11 is 0. The smallest absolute Gasteiger partial charge is 0.416 e. The van der Waals surface area contributed by atoms with Crippen molar-refractivity contribution < 1.29 is 27.8 Å². The lowest BCUT2D eigenvalue weighted by atomic mass is 10.2. The number of halogens is 3. The van der Waals surface area contributed by atoms with Gasteiger partial charge in [-0.3, -0.25) is 4.57 Å². The lowest BCUT2D eigenvalue weighted by molar-refractivity contribution is -0.137. The molecule has 0 unspecified atom stereocenters. The minimum Gasteiger partial charge on any atom is -0.477 e. The van der Waals surface area contributed by atoms with E-state index >= 15 is 0 Å². The van der Waals surface area contributed by atoms with E-state index in [4.69, 9.17) is 9.84 Å². The van der Waals surface area contributed by atoms with Crippen molar-refractivity contribution in [3.05, 3.63) is 41.7 Å². The van der Waals surface area contributed by atoms with E-state index in [0.29, 0.717) is 0 Å². The van der Waals surface area contributed by atoms with Crippen LogP contribution in [0.1, 0.15) is 16.1 Å². The van der Waals surface area contributed by atoms with Crippen molar-refractivity contribution in [2.75, 3.05) is 0 Å². The Morgan fingerprint density at radius 3 is 2.35 bits per heavy atom. The summed E-state index contributed by atoms with van der Waals surface area (Å²) in [4.78, 5) is 14.5. The molecule has 1 heterocycles. The fourth-order valence-electron chi connectivity index (χ4n) is 1.50. The minimum atomic E-state index is -4.42. The molecule has 2 rings (SSSR count). The first-order valence-electron chi connectivity index (χ1n) is 5.39. The second-order valence-corrected chi connectivity index (χ2v) is 3.91. The van der Waals surface area contributed by atoms with E-state index in [1.807, 2.05) is 0 Å². The van der Waals surface area contributed by atoms with Gasteiger partial charge in [0.05, 0.1) is 11.8 Å². The summed E-state index contributed by atoms with van der Waals surface area (Å²) in [6.07, 6.45) is -3.32. The van der Waals surface area contributed by atoms with Gasteiger partial charge in [0.2, 0.25) is 0 Å². The van der Waals surface area contributed by atoms with Crippen molar-refractivity contribution in [2.24, 2.45) is 7.05 Å². The van der Waals surface area contributed by atoms with E-state index in [0.717, 1.165) is 30.5 Å². The Kier molecular flexibility index (Phi) is 3.39. The quantitative estimate of drug-likeness (QED) is 0.942. The maximum Gasteiger partial charge on any atom is 0.416 e. The van der Waals surface area contributed by atoms with Crippen LogP contribution in [0, 0.1) is 0 Å². The molecule has 1 aromatic carbocycles. The van der Waals surface area contributed by atoms with Crippen LogP contribution in [0.3, 0.4) is 0 Å². The number of ether oxygens (including phenoxy) is 1. The number of carboxylic acids is 1. The van der Waals surface area contributed by atoms with Crippen molar-refractivity contribution in [3.63, 3.8) is 0 Å². The van der Waals surface area contributed by atoms with E-state index in [1.165, 1.54) is 11.6 Å². The van der Waals surface area contributed by atoms with Gasteiger partial charge in [0.15, 0.2) is 0 Å². The molecule has 1 N–H and O–H groups in total. The molecule has 2 aromatic rings. The second-order valence-electron chi connectivity index (χ2n) is 3.91. The third kappa shape index (κ3) is 2.73. The Morgan fingerprint density at radius 1 is 1.30 bits per heavy atom. The molecule has 0 fully saturated rings. The average molecular weight is 286 g/mol. The zero-order chi connectivity index (χ0) is 14.9. The van der Waals surface area contributed by atoms with E-state index in [1.54, 1.807) is 0 Å². The maximum absolute atomic E-state index is 12.4. The molecule has 20 heavy (non-hydrogen) atoms. The van der Waals surface area contributed by atoms with Crippen LogP contribution in [0.5, 0.6) is 11.8 Å². The summed E-state index contributed by atoms with van der Waals surface area (Å²) < 4.78 is 43.6. The number of hydrogen-bond acceptors (Lipinski definition) is 3. The van der Waals surface area contributed by atoms with Gasteiger partial charge in [-0.25, -0.2) is 9.78 Å². The summed E-state index contributed by atoms with van der Waals surface area (Å²) in [5, 5.41) is 8.83. The standard InChI is InChI=1S/C12H9F3N2O3/c1-17-9(10(18)19)6-16-11(17)20-8-4-2-7(3-5-8)12(13,14)15/h2-6H,1H3,(H,18,19). The van der Waals surface area contributed by atoms with Gasteiger partial charge >= 0.3 is 18.2 Å². The molecular weight excluding hydrogens is 277 g/mol. The van der Waals surface area contributed by atoms with E-state index < -0.39 is 17.7 Å². The van der Waals surface area contributed by atoms with Crippen LogP contribution >= 0.6 is 0 Å². The Balaban J connectivity index is 2.21. The molecule has 0 saturated heterocycles. The van der Waals surface area contributed by atoms with Crippen LogP contribution in [-0.4, -0.2) is 20.6 Å². The lowest BCUT2D eigenvalue weighted by Crippen LogP contribution is -2.06. The number of nitrogens with zero attached hydrogens (tertiary/aromatic N) is 2. The number of imidazole rings is 1. The molecule has 0 spiro atoms. The zero-order valence-electron chi connectivity index (χ0n) is 10.2. The van der Waals surface area contributed by atoms with Crippen LogP contribution in [0.15, 0.2) is 30.5 Å². The van der Waals surface area contributed by atoms with Crippen LogP contribution < -0.4 is 4.74 Å². The Morgan fingerprint density at radius 2 is 1.90 bits per heavy atom. The molecule has 8 heteroatoms. The van der Waals surface area contributed by atoms with Gasteiger partial charge in [0.1, 0.15) is 11.4 Å². The molecule has 5 nitrogen and oxygen atoms in total. The number of carbonyl (C=O) groups is 1. The summed E-state index contributed by atoms with van der Waals surface area (Å²) in [5.41, 5.74) is -0.886. The predicted octanol–water partition coefficient (Wildman–Crippen LogP) is 2.93. The highest BCUT2D eigenvalue weighted by Crippen LogP contribution is 2.31. The van der Waals surface area contributed by atoms with Gasteiger partial charge in [-0.2, -0.15) is 13.2 Å². The molecule has 106 valence electrons. The molecule has 0 aliphatic heterocycles. The highest BCUT2D eigenvalue weighted by Gasteiger charge is 2.30. The highest BCUT2D eigenvalue weighted by atomic mass is 19.4. The number of aromatic nitrogens is 2. The third-order valence-corrected chi connectivity index (χ3v) is 2.56. The first kappa shape index (κ1) is 13.9. The summed E-state index contributed by atoms with van der Waals surface area (Å²) in [7, 11) is 1.43. The van der Waals surface area contributed by atoms with Crippen molar-refractivity contribution in [3.8, 4) is 11.8 Å². The van der Waals surface area contributed by atoms with Crippen LogP contribution in [0.25, 0.3) is 0 Å². The molecule has 0 saturated carbocycles. The number of hydrogen-bond donors (Lipinski definition) is 1. The number of aromatic carboxylic acids is 1. The molecule has 1 aromatic heterocycles. The van der Waals surface area contributed by atoms with Gasteiger partial charge in [-0.1, -0.05) is 0 Å². The minimum absolute atomic E-state index is 0.0258. The Hall–Kier alpha value is -2.51. The fourth-order valence-corrected chi connectivity index (χ4v) is 1.50. The van der Waals surface area contributed by atoms with Gasteiger partial charge in [0.25, 0.3) is 0 Å². The molecule has 0 atom stereocenters. The molecule has 0 bridgehead atoms. The molecule has 0 amide bonds. The van der Waals surface area contributed by atoms with Gasteiger partial charge in [-0.05, 0) is 24.3 Å². The fraction of sp³-hybridized carbons (Fsp3) is 0.167. The predicted molar refractivity (Wildman–Crippen MR) is 61.7 cm³/mol. The van der Waals surface area contributed by atoms with Gasteiger partial charge in [0, 0.05) is 7.05 Å². The van der Waals surface area contributed by atoms with Crippen LogP contribution in [-0.2, 0) is 13.2 Å². The van der Waals surface area contributed by atoms with Gasteiger partial charge in [-0.15, -0.1) is 0 Å². The average Bonchev–Trinajstić information content (AvgIpc) is 2.71. The number of rotatable bonds is 3. The summed E-state index contributed by atoms with van der Waals surface area (Å²) in [6.45, 7) is 0. The molecule has 0 radical (unpaired) electrons. The topological polar surface area (TPSA) is 64.4 Å². The lowest BCUT2D eigenvalue weighted by Gasteiger charge is -2.08. The van der Waals surface area contributed by atoms with Crippen molar-refractivity contribution in [1.82, 2.24) is 9.55 Å². The van der Waals surface area contributed by atoms with Crippen LogP contribution in [0.4, 0.5) is 13.2 Å².